The molecule has 8 nitrogen and oxygen atoms in total. The number of ether oxygens (including phenoxy) is 2. The number of nitrogens with one attached hydrogen (secondary N) is 3. The number of H-pyrrole nitrogens is 1. The first-order valence-electron chi connectivity index (χ1n) is 10.8. The van der Waals surface area contributed by atoms with Gasteiger partial charge >= 0.3 is 12.1 Å². The first kappa shape index (κ1) is 23.6. The molecule has 1 aromatic carbocycles. The average Bonchev–Trinajstić information content (AvgIpc) is 3.11. The molecule has 174 valence electrons. The van der Waals surface area contributed by atoms with Crippen LogP contribution in [0.3, 0.4) is 0 Å². The molecule has 1 fully saturated rings. The number of benzene rings is 1. The lowest BCUT2D eigenvalue weighted by Crippen LogP contribution is -2.56. The average molecular weight is 448 g/mol. The van der Waals surface area contributed by atoms with Gasteiger partial charge < -0.3 is 25.1 Å². The maximum absolute atomic E-state index is 13.5. The van der Waals surface area contributed by atoms with Crippen molar-refractivity contribution in [3.8, 4) is 0 Å². The van der Waals surface area contributed by atoms with Crippen molar-refractivity contribution in [3.05, 3.63) is 35.8 Å². The standard InChI is InChI=1S/C23H30FN3O5/c1-5-31-21(29)13-6-8-17(18(11-13)27-22(30)32-23(2,3)4)26-20(28)19-12-14-10-15(24)7-9-16(14)25-19/h7,9-10,12-13,17-18,25H,5-6,8,11H2,1-4H3,(H,26,28)(H,27,30). The lowest BCUT2D eigenvalue weighted by molar-refractivity contribution is -0.149. The summed E-state index contributed by atoms with van der Waals surface area (Å²) in [7, 11) is 0. The molecule has 0 aliphatic heterocycles. The molecule has 0 saturated heterocycles. The molecule has 0 bridgehead atoms. The van der Waals surface area contributed by atoms with Gasteiger partial charge in [0.25, 0.3) is 5.91 Å². The number of rotatable bonds is 5. The van der Waals surface area contributed by atoms with Crippen LogP contribution in [-0.4, -0.2) is 47.2 Å². The van der Waals surface area contributed by atoms with E-state index in [-0.39, 0.29) is 35.9 Å². The zero-order valence-corrected chi connectivity index (χ0v) is 18.8. The lowest BCUT2D eigenvalue weighted by atomic mass is 9.82. The zero-order chi connectivity index (χ0) is 23.5. The van der Waals surface area contributed by atoms with E-state index >= 15 is 0 Å². The van der Waals surface area contributed by atoms with Gasteiger partial charge in [0, 0.05) is 16.9 Å². The van der Waals surface area contributed by atoms with Crippen LogP contribution in [0.1, 0.15) is 57.4 Å². The molecule has 3 N–H and O–H groups in total. The number of carbonyl (C=O) groups excluding carboxylic acids is 3. The van der Waals surface area contributed by atoms with Crippen molar-refractivity contribution in [1.29, 1.82) is 0 Å². The van der Waals surface area contributed by atoms with Gasteiger partial charge in [-0.25, -0.2) is 9.18 Å². The molecule has 1 saturated carbocycles. The van der Waals surface area contributed by atoms with E-state index in [1.165, 1.54) is 12.1 Å². The van der Waals surface area contributed by atoms with E-state index in [9.17, 15) is 18.8 Å². The van der Waals surface area contributed by atoms with Crippen LogP contribution in [-0.2, 0) is 14.3 Å². The Morgan fingerprint density at radius 1 is 1.12 bits per heavy atom. The summed E-state index contributed by atoms with van der Waals surface area (Å²) in [5.41, 5.74) is 0.248. The van der Waals surface area contributed by atoms with Crippen LogP contribution >= 0.6 is 0 Å². The Bertz CT molecular complexity index is 997. The summed E-state index contributed by atoms with van der Waals surface area (Å²) in [6, 6.07) is 4.88. The molecule has 3 atom stereocenters. The highest BCUT2D eigenvalue weighted by molar-refractivity contribution is 5.98. The van der Waals surface area contributed by atoms with Gasteiger partial charge in [-0.05, 0) is 71.2 Å². The number of halogens is 1. The van der Waals surface area contributed by atoms with Gasteiger partial charge in [0.1, 0.15) is 17.1 Å². The monoisotopic (exact) mass is 447 g/mol. The van der Waals surface area contributed by atoms with E-state index in [0.717, 1.165) is 0 Å². The normalized spacial score (nSPS) is 21.1. The minimum Gasteiger partial charge on any atom is -0.466 e. The van der Waals surface area contributed by atoms with Gasteiger partial charge in [0.15, 0.2) is 0 Å². The summed E-state index contributed by atoms with van der Waals surface area (Å²) < 4.78 is 24.0. The Labute approximate surface area is 186 Å². The summed E-state index contributed by atoms with van der Waals surface area (Å²) >= 11 is 0. The Kier molecular flexibility index (Phi) is 7.06. The predicted molar refractivity (Wildman–Crippen MR) is 117 cm³/mol. The Morgan fingerprint density at radius 2 is 1.88 bits per heavy atom. The van der Waals surface area contributed by atoms with Crippen LogP contribution < -0.4 is 10.6 Å². The first-order chi connectivity index (χ1) is 15.1. The molecule has 1 aliphatic carbocycles. The molecule has 1 aliphatic rings. The number of hydrogen-bond donors (Lipinski definition) is 3. The van der Waals surface area contributed by atoms with Gasteiger partial charge in [0.05, 0.1) is 18.6 Å². The molecule has 0 spiro atoms. The summed E-state index contributed by atoms with van der Waals surface area (Å²) in [5.74, 6) is -1.45. The van der Waals surface area contributed by atoms with Crippen molar-refractivity contribution in [2.45, 2.75) is 64.6 Å². The highest BCUT2D eigenvalue weighted by Gasteiger charge is 2.37. The second-order valence-corrected chi connectivity index (χ2v) is 9.01. The molecule has 0 radical (unpaired) electrons. The minimum atomic E-state index is -0.683. The fourth-order valence-corrected chi connectivity index (χ4v) is 3.91. The number of fused-ring (bicyclic) bond motifs is 1. The number of carbonyl (C=O) groups is 3. The highest BCUT2D eigenvalue weighted by atomic mass is 19.1. The zero-order valence-electron chi connectivity index (χ0n) is 18.8. The van der Waals surface area contributed by atoms with E-state index in [0.29, 0.717) is 30.2 Å². The topological polar surface area (TPSA) is 110 Å². The minimum absolute atomic E-state index is 0.278. The Balaban J connectivity index is 1.74. The molecule has 9 heteroatoms. The fourth-order valence-electron chi connectivity index (χ4n) is 3.91. The van der Waals surface area contributed by atoms with E-state index in [1.807, 2.05) is 0 Å². The van der Waals surface area contributed by atoms with Crippen LogP contribution in [0.25, 0.3) is 10.9 Å². The highest BCUT2D eigenvalue weighted by Crippen LogP contribution is 2.27. The SMILES string of the molecule is CCOC(=O)C1CCC(NC(=O)c2cc3cc(F)ccc3[nH]2)C(NC(=O)OC(C)(C)C)C1. The van der Waals surface area contributed by atoms with Gasteiger partial charge in [-0.15, -0.1) is 0 Å². The van der Waals surface area contributed by atoms with Gasteiger partial charge in [0.2, 0.25) is 0 Å². The van der Waals surface area contributed by atoms with Crippen LogP contribution in [0.2, 0.25) is 0 Å². The van der Waals surface area contributed by atoms with Crippen LogP contribution in [0.15, 0.2) is 24.3 Å². The number of aromatic nitrogens is 1. The van der Waals surface area contributed by atoms with E-state index in [1.54, 1.807) is 39.8 Å². The molecule has 1 heterocycles. The number of esters is 1. The van der Waals surface area contributed by atoms with Gasteiger partial charge in [-0.2, -0.15) is 0 Å². The van der Waals surface area contributed by atoms with E-state index in [4.69, 9.17) is 9.47 Å². The molecular weight excluding hydrogens is 417 g/mol. The Morgan fingerprint density at radius 3 is 2.56 bits per heavy atom. The largest absolute Gasteiger partial charge is 0.466 e. The van der Waals surface area contributed by atoms with Gasteiger partial charge in [-0.1, -0.05) is 0 Å². The number of amides is 2. The quantitative estimate of drug-likeness (QED) is 0.606. The summed E-state index contributed by atoms with van der Waals surface area (Å²) in [4.78, 5) is 40.5. The number of aromatic amines is 1. The van der Waals surface area contributed by atoms with Crippen LogP contribution in [0.4, 0.5) is 9.18 Å². The third-order valence-corrected chi connectivity index (χ3v) is 5.32. The van der Waals surface area contributed by atoms with Crippen molar-refractivity contribution in [1.82, 2.24) is 15.6 Å². The van der Waals surface area contributed by atoms with Gasteiger partial charge in [-0.3, -0.25) is 9.59 Å². The van der Waals surface area contributed by atoms with Crippen molar-refractivity contribution in [3.63, 3.8) is 0 Å². The third kappa shape index (κ3) is 5.99. The number of hydrogen-bond acceptors (Lipinski definition) is 5. The maximum atomic E-state index is 13.5. The van der Waals surface area contributed by atoms with E-state index in [2.05, 4.69) is 15.6 Å². The molecule has 1 aromatic heterocycles. The number of alkyl carbamates (subject to hydrolysis) is 1. The van der Waals surface area contributed by atoms with Crippen molar-refractivity contribution in [2.24, 2.45) is 5.92 Å². The summed E-state index contributed by atoms with van der Waals surface area (Å²) in [6.07, 6.45) is 0.701. The second-order valence-electron chi connectivity index (χ2n) is 9.01. The predicted octanol–water partition coefficient (Wildman–Crippen LogP) is 3.66. The van der Waals surface area contributed by atoms with Crippen molar-refractivity contribution in [2.75, 3.05) is 6.61 Å². The molecule has 32 heavy (non-hydrogen) atoms. The maximum Gasteiger partial charge on any atom is 0.407 e. The Hall–Kier alpha value is -3.10. The van der Waals surface area contributed by atoms with Crippen molar-refractivity contribution < 1.29 is 28.2 Å². The smallest absolute Gasteiger partial charge is 0.407 e. The molecule has 2 amide bonds. The van der Waals surface area contributed by atoms with E-state index < -0.39 is 23.8 Å². The summed E-state index contributed by atoms with van der Waals surface area (Å²) in [6.45, 7) is 7.29. The third-order valence-electron chi connectivity index (χ3n) is 5.32. The second kappa shape index (κ2) is 9.58. The molecule has 3 unspecified atom stereocenters. The first-order valence-corrected chi connectivity index (χ1v) is 10.8. The fraction of sp³-hybridized carbons (Fsp3) is 0.522. The molecule has 3 rings (SSSR count). The van der Waals surface area contributed by atoms with Crippen molar-refractivity contribution >= 4 is 28.9 Å². The molecular formula is C23H30FN3O5. The van der Waals surface area contributed by atoms with Crippen LogP contribution in [0, 0.1) is 11.7 Å². The van der Waals surface area contributed by atoms with Crippen LogP contribution in [0.5, 0.6) is 0 Å². The molecule has 2 aromatic rings. The summed E-state index contributed by atoms with van der Waals surface area (Å²) in [5, 5.41) is 6.32. The lowest BCUT2D eigenvalue weighted by Gasteiger charge is -2.36.